The van der Waals surface area contributed by atoms with Crippen molar-refractivity contribution in [3.05, 3.63) is 21.9 Å². The largest absolute Gasteiger partial charge is 0.356 e. The van der Waals surface area contributed by atoms with E-state index in [1.54, 1.807) is 11.3 Å². The van der Waals surface area contributed by atoms with Crippen LogP contribution in [-0.4, -0.2) is 48.4 Å². The molecule has 0 atom stereocenters. The Kier molecular flexibility index (Phi) is 8.34. The summed E-state index contributed by atoms with van der Waals surface area (Å²) < 4.78 is 0. The zero-order valence-electron chi connectivity index (χ0n) is 17.0. The normalized spacial score (nSPS) is 16.8. The fourth-order valence-corrected chi connectivity index (χ4v) is 4.84. The molecule has 4 amide bonds. The predicted molar refractivity (Wildman–Crippen MR) is 114 cm³/mol. The fraction of sp³-hybridized carbons (Fsp3) is 0.667. The lowest BCUT2D eigenvalue weighted by Crippen LogP contribution is -2.43. The Hall–Kier alpha value is -2.09. The van der Waals surface area contributed by atoms with Crippen LogP contribution < -0.4 is 16.0 Å². The molecule has 1 aliphatic carbocycles. The highest BCUT2D eigenvalue weighted by Gasteiger charge is 2.21. The molecule has 1 aromatic rings. The SMILES string of the molecule is O=C(CCCNC(=O)NC1CCCCC1)NCCC(=O)N1CCc2sccc2C1. The number of urea groups is 1. The van der Waals surface area contributed by atoms with Crippen LogP contribution in [0.2, 0.25) is 0 Å². The number of nitrogens with zero attached hydrogens (tertiary/aromatic N) is 1. The third-order valence-electron chi connectivity index (χ3n) is 5.63. The zero-order valence-corrected chi connectivity index (χ0v) is 17.8. The number of amides is 4. The molecule has 0 radical (unpaired) electrons. The molecule has 0 aromatic carbocycles. The minimum Gasteiger partial charge on any atom is -0.356 e. The second-order valence-electron chi connectivity index (χ2n) is 7.87. The van der Waals surface area contributed by atoms with Gasteiger partial charge in [0.1, 0.15) is 0 Å². The predicted octanol–water partition coefficient (Wildman–Crippen LogP) is 2.55. The van der Waals surface area contributed by atoms with Gasteiger partial charge in [-0.3, -0.25) is 9.59 Å². The van der Waals surface area contributed by atoms with Gasteiger partial charge in [0.15, 0.2) is 0 Å². The summed E-state index contributed by atoms with van der Waals surface area (Å²) in [5.74, 6) is 0.00857. The molecule has 3 N–H and O–H groups in total. The maximum atomic E-state index is 12.3. The molecule has 1 aliphatic heterocycles. The molecule has 2 heterocycles. The lowest BCUT2D eigenvalue weighted by Gasteiger charge is -2.27. The van der Waals surface area contributed by atoms with E-state index in [4.69, 9.17) is 0 Å². The molecule has 7 nitrogen and oxygen atoms in total. The summed E-state index contributed by atoms with van der Waals surface area (Å²) in [6.45, 7) is 2.27. The van der Waals surface area contributed by atoms with Crippen molar-refractivity contribution >= 4 is 29.2 Å². The van der Waals surface area contributed by atoms with Crippen LogP contribution in [0.1, 0.15) is 61.8 Å². The maximum Gasteiger partial charge on any atom is 0.315 e. The van der Waals surface area contributed by atoms with E-state index in [0.29, 0.717) is 38.9 Å². The van der Waals surface area contributed by atoms with Gasteiger partial charge in [0.05, 0.1) is 0 Å². The molecule has 1 fully saturated rings. The number of rotatable bonds is 8. The van der Waals surface area contributed by atoms with Gasteiger partial charge in [-0.25, -0.2) is 4.79 Å². The fourth-order valence-electron chi connectivity index (χ4n) is 3.95. The standard InChI is InChI=1S/C21H32N4O3S/c26-19(7-4-11-23-21(28)24-17-5-2-1-3-6-17)22-12-8-20(27)25-13-9-18-16(15-25)10-14-29-18/h10,14,17H,1-9,11-13,15H2,(H,22,26)(H2,23,24,28). The van der Waals surface area contributed by atoms with Crippen LogP contribution in [-0.2, 0) is 22.6 Å². The lowest BCUT2D eigenvalue weighted by molar-refractivity contribution is -0.132. The average Bonchev–Trinajstić information content (AvgIpc) is 3.20. The summed E-state index contributed by atoms with van der Waals surface area (Å²) in [5.41, 5.74) is 1.25. The Bertz CT molecular complexity index is 700. The van der Waals surface area contributed by atoms with E-state index in [1.165, 1.54) is 29.7 Å². The number of nitrogens with one attached hydrogen (secondary N) is 3. The first-order valence-corrected chi connectivity index (χ1v) is 11.6. The van der Waals surface area contributed by atoms with Crippen molar-refractivity contribution in [3.8, 4) is 0 Å². The van der Waals surface area contributed by atoms with Crippen molar-refractivity contribution in [1.82, 2.24) is 20.9 Å². The topological polar surface area (TPSA) is 90.5 Å². The van der Waals surface area contributed by atoms with Gasteiger partial charge in [0, 0.05) is 49.9 Å². The van der Waals surface area contributed by atoms with Crippen LogP contribution in [0, 0.1) is 0 Å². The first-order chi connectivity index (χ1) is 14.1. The number of thiophene rings is 1. The van der Waals surface area contributed by atoms with Crippen molar-refractivity contribution in [2.45, 2.75) is 70.4 Å². The highest BCUT2D eigenvalue weighted by Crippen LogP contribution is 2.24. The average molecular weight is 421 g/mol. The number of carbonyl (C=O) groups excluding carboxylic acids is 3. The number of hydrogen-bond acceptors (Lipinski definition) is 4. The summed E-state index contributed by atoms with van der Waals surface area (Å²) in [5, 5.41) is 10.7. The summed E-state index contributed by atoms with van der Waals surface area (Å²) in [4.78, 5) is 39.4. The van der Waals surface area contributed by atoms with Gasteiger partial charge in [-0.2, -0.15) is 0 Å². The molecule has 0 bridgehead atoms. The van der Waals surface area contributed by atoms with Gasteiger partial charge < -0.3 is 20.9 Å². The van der Waals surface area contributed by atoms with E-state index in [9.17, 15) is 14.4 Å². The Balaban J connectivity index is 1.21. The number of hydrogen-bond donors (Lipinski definition) is 3. The summed E-state index contributed by atoms with van der Waals surface area (Å²) in [7, 11) is 0. The summed E-state index contributed by atoms with van der Waals surface area (Å²) >= 11 is 1.76. The van der Waals surface area contributed by atoms with Crippen LogP contribution >= 0.6 is 11.3 Å². The highest BCUT2D eigenvalue weighted by molar-refractivity contribution is 7.10. The number of carbonyl (C=O) groups is 3. The molecule has 160 valence electrons. The van der Waals surface area contributed by atoms with Gasteiger partial charge in [-0.15, -0.1) is 11.3 Å². The lowest BCUT2D eigenvalue weighted by atomic mass is 9.96. The second-order valence-corrected chi connectivity index (χ2v) is 8.87. The quantitative estimate of drug-likeness (QED) is 0.565. The molecule has 2 aliphatic rings. The van der Waals surface area contributed by atoms with Gasteiger partial charge in [0.25, 0.3) is 0 Å². The van der Waals surface area contributed by atoms with Crippen molar-refractivity contribution < 1.29 is 14.4 Å². The Labute approximate surface area is 176 Å². The second kappa shape index (κ2) is 11.2. The molecular weight excluding hydrogens is 388 g/mol. The van der Waals surface area contributed by atoms with Gasteiger partial charge >= 0.3 is 6.03 Å². The van der Waals surface area contributed by atoms with E-state index in [-0.39, 0.29) is 23.9 Å². The van der Waals surface area contributed by atoms with E-state index in [1.807, 2.05) is 4.90 Å². The number of fused-ring (bicyclic) bond motifs is 1. The van der Waals surface area contributed by atoms with E-state index >= 15 is 0 Å². The Morgan fingerprint density at radius 1 is 1.07 bits per heavy atom. The molecule has 0 spiro atoms. The molecule has 0 saturated heterocycles. The van der Waals surface area contributed by atoms with Crippen LogP contribution in [0.3, 0.4) is 0 Å². The van der Waals surface area contributed by atoms with Crippen LogP contribution in [0.5, 0.6) is 0 Å². The Morgan fingerprint density at radius 3 is 2.72 bits per heavy atom. The van der Waals surface area contributed by atoms with Crippen molar-refractivity contribution in [1.29, 1.82) is 0 Å². The third kappa shape index (κ3) is 7.03. The van der Waals surface area contributed by atoms with Crippen molar-refractivity contribution in [3.63, 3.8) is 0 Å². The van der Waals surface area contributed by atoms with Crippen LogP contribution in [0.4, 0.5) is 4.79 Å². The van der Waals surface area contributed by atoms with Gasteiger partial charge in [-0.1, -0.05) is 19.3 Å². The third-order valence-corrected chi connectivity index (χ3v) is 6.65. The molecule has 29 heavy (non-hydrogen) atoms. The smallest absolute Gasteiger partial charge is 0.315 e. The van der Waals surface area contributed by atoms with E-state index < -0.39 is 0 Å². The van der Waals surface area contributed by atoms with E-state index in [0.717, 1.165) is 25.8 Å². The minimum absolute atomic E-state index is 0.0777. The minimum atomic E-state index is -0.141. The van der Waals surface area contributed by atoms with Gasteiger partial charge in [-0.05, 0) is 42.7 Å². The van der Waals surface area contributed by atoms with E-state index in [2.05, 4.69) is 27.4 Å². The molecular formula is C21H32N4O3S. The molecule has 3 rings (SSSR count). The first-order valence-electron chi connectivity index (χ1n) is 10.8. The van der Waals surface area contributed by atoms with Gasteiger partial charge in [0.2, 0.25) is 11.8 Å². The van der Waals surface area contributed by atoms with Crippen molar-refractivity contribution in [2.24, 2.45) is 0 Å². The summed E-state index contributed by atoms with van der Waals surface area (Å²) in [6.07, 6.45) is 7.92. The molecule has 1 saturated carbocycles. The maximum absolute atomic E-state index is 12.3. The summed E-state index contributed by atoms with van der Waals surface area (Å²) in [6, 6.07) is 2.24. The zero-order chi connectivity index (χ0) is 20.5. The highest BCUT2D eigenvalue weighted by atomic mass is 32.1. The monoisotopic (exact) mass is 420 g/mol. The van der Waals surface area contributed by atoms with Crippen LogP contribution in [0.15, 0.2) is 11.4 Å². The Morgan fingerprint density at radius 2 is 1.90 bits per heavy atom. The molecule has 0 unspecified atom stereocenters. The molecule has 1 aromatic heterocycles. The van der Waals surface area contributed by atoms with Crippen LogP contribution in [0.25, 0.3) is 0 Å². The van der Waals surface area contributed by atoms with Crippen molar-refractivity contribution in [2.75, 3.05) is 19.6 Å². The molecule has 8 heteroatoms. The first kappa shape index (κ1) is 21.6.